The third kappa shape index (κ3) is 4.06. The highest BCUT2D eigenvalue weighted by molar-refractivity contribution is 5.97. The number of nitrogens with zero attached hydrogens (tertiary/aromatic N) is 5. The molecule has 170 valence electrons. The molecule has 0 unspecified atom stereocenters. The molecule has 4 aromatic rings. The van der Waals surface area contributed by atoms with E-state index in [-0.39, 0.29) is 28.8 Å². The fourth-order valence-corrected chi connectivity index (χ4v) is 3.48. The van der Waals surface area contributed by atoms with E-state index in [9.17, 15) is 13.6 Å². The Hall–Kier alpha value is -4.09. The number of aromatic amines is 1. The van der Waals surface area contributed by atoms with Crippen LogP contribution in [0.3, 0.4) is 0 Å². The molecule has 1 aliphatic rings. The Morgan fingerprint density at radius 1 is 1.27 bits per heavy atom. The summed E-state index contributed by atoms with van der Waals surface area (Å²) in [6.45, 7) is 0. The first-order valence-electron chi connectivity index (χ1n) is 10.2. The van der Waals surface area contributed by atoms with Crippen molar-refractivity contribution in [2.75, 3.05) is 17.7 Å². The number of imidazole rings is 1. The second-order valence-electron chi connectivity index (χ2n) is 7.69. The number of halogens is 2. The number of benzene rings is 1. The summed E-state index contributed by atoms with van der Waals surface area (Å²) in [7, 11) is 3.27. The quantitative estimate of drug-likeness (QED) is 0.388. The number of ether oxygens (including phenoxy) is 1. The van der Waals surface area contributed by atoms with Gasteiger partial charge in [-0.25, -0.2) is 23.7 Å². The number of aryl methyl sites for hydroxylation is 1. The average Bonchev–Trinajstić information content (AvgIpc) is 3.41. The number of aromatic nitrogens is 6. The highest BCUT2D eigenvalue weighted by Gasteiger charge is 2.30. The van der Waals surface area contributed by atoms with Gasteiger partial charge in [0.15, 0.2) is 23.0 Å². The number of amides is 1. The maximum atomic E-state index is 13.3. The lowest BCUT2D eigenvalue weighted by Gasteiger charge is -2.15. The molecule has 10 nitrogen and oxygen atoms in total. The van der Waals surface area contributed by atoms with Crippen molar-refractivity contribution < 1.29 is 18.3 Å². The number of hydrogen-bond donors (Lipinski definition) is 3. The number of nitrogens with one attached hydrogen (secondary N) is 3. The van der Waals surface area contributed by atoms with Crippen LogP contribution >= 0.6 is 0 Å². The van der Waals surface area contributed by atoms with Gasteiger partial charge in [0.1, 0.15) is 17.7 Å². The van der Waals surface area contributed by atoms with Gasteiger partial charge in [0.05, 0.1) is 24.0 Å². The molecular weight excluding hydrogens is 434 g/mol. The highest BCUT2D eigenvalue weighted by Crippen LogP contribution is 2.38. The lowest BCUT2D eigenvalue weighted by Crippen LogP contribution is -2.14. The van der Waals surface area contributed by atoms with E-state index in [1.54, 1.807) is 36.3 Å². The van der Waals surface area contributed by atoms with Crippen molar-refractivity contribution in [1.29, 1.82) is 0 Å². The van der Waals surface area contributed by atoms with Gasteiger partial charge in [-0.15, -0.1) is 0 Å². The molecule has 1 aromatic carbocycles. The molecule has 0 spiro atoms. The largest absolute Gasteiger partial charge is 0.494 e. The lowest BCUT2D eigenvalue weighted by atomic mass is 10.1. The van der Waals surface area contributed by atoms with Gasteiger partial charge in [0, 0.05) is 19.0 Å². The molecule has 1 amide bonds. The van der Waals surface area contributed by atoms with E-state index in [1.807, 2.05) is 6.07 Å². The minimum atomic E-state index is -2.80. The summed E-state index contributed by atoms with van der Waals surface area (Å²) in [5, 5.41) is 10.3. The van der Waals surface area contributed by atoms with E-state index >= 15 is 0 Å². The van der Waals surface area contributed by atoms with E-state index in [4.69, 9.17) is 4.74 Å². The molecule has 0 radical (unpaired) electrons. The molecule has 33 heavy (non-hydrogen) atoms. The van der Waals surface area contributed by atoms with E-state index < -0.39 is 12.2 Å². The first kappa shape index (κ1) is 20.8. The number of hydrogen-bond acceptors (Lipinski definition) is 7. The zero-order chi connectivity index (χ0) is 23.1. The third-order valence-corrected chi connectivity index (χ3v) is 5.21. The number of para-hydroxylation sites is 1. The Balaban J connectivity index is 1.58. The molecule has 12 heteroatoms. The SMILES string of the molecule is COc1c(Nc2cc(NC(=O)C3CC3)nc3[nH]c(C(F)F)nc23)cccc1-c1ncn(C)n1. The number of alkyl halides is 2. The molecule has 1 saturated carbocycles. The van der Waals surface area contributed by atoms with Crippen molar-refractivity contribution in [3.63, 3.8) is 0 Å². The fraction of sp³-hybridized carbons (Fsp3) is 0.286. The summed E-state index contributed by atoms with van der Waals surface area (Å²) < 4.78 is 33.8. The van der Waals surface area contributed by atoms with Crippen LogP contribution in [0.4, 0.5) is 26.0 Å². The van der Waals surface area contributed by atoms with E-state index in [0.29, 0.717) is 28.5 Å². The number of methoxy groups -OCH3 is 1. The van der Waals surface area contributed by atoms with Crippen molar-refractivity contribution in [2.24, 2.45) is 13.0 Å². The van der Waals surface area contributed by atoms with Gasteiger partial charge < -0.3 is 20.4 Å². The Labute approximate surface area is 186 Å². The van der Waals surface area contributed by atoms with E-state index in [1.165, 1.54) is 7.11 Å². The summed E-state index contributed by atoms with van der Waals surface area (Å²) in [4.78, 5) is 27.3. The monoisotopic (exact) mass is 454 g/mol. The van der Waals surface area contributed by atoms with Crippen LogP contribution in [0, 0.1) is 5.92 Å². The Morgan fingerprint density at radius 3 is 2.76 bits per heavy atom. The van der Waals surface area contributed by atoms with Crippen LogP contribution in [0.2, 0.25) is 0 Å². The van der Waals surface area contributed by atoms with Crippen LogP contribution in [0.25, 0.3) is 22.6 Å². The summed E-state index contributed by atoms with van der Waals surface area (Å²) in [5.74, 6) is 0.455. The van der Waals surface area contributed by atoms with Crippen LogP contribution < -0.4 is 15.4 Å². The molecule has 3 N–H and O–H groups in total. The van der Waals surface area contributed by atoms with Crippen LogP contribution in [0.15, 0.2) is 30.6 Å². The van der Waals surface area contributed by atoms with E-state index in [0.717, 1.165) is 12.8 Å². The molecule has 0 bridgehead atoms. The van der Waals surface area contributed by atoms with Gasteiger partial charge in [0.25, 0.3) is 6.43 Å². The molecule has 0 atom stereocenters. The van der Waals surface area contributed by atoms with Crippen molar-refractivity contribution in [2.45, 2.75) is 19.3 Å². The van der Waals surface area contributed by atoms with Crippen molar-refractivity contribution >= 4 is 34.3 Å². The summed E-state index contributed by atoms with van der Waals surface area (Å²) in [6.07, 6.45) is 0.421. The number of H-pyrrole nitrogens is 1. The molecule has 5 rings (SSSR count). The van der Waals surface area contributed by atoms with Crippen LogP contribution in [0.5, 0.6) is 5.75 Å². The third-order valence-electron chi connectivity index (χ3n) is 5.21. The Kier molecular flexibility index (Phi) is 5.11. The lowest BCUT2D eigenvalue weighted by molar-refractivity contribution is -0.117. The van der Waals surface area contributed by atoms with Gasteiger partial charge in [-0.3, -0.25) is 9.48 Å². The van der Waals surface area contributed by atoms with Crippen molar-refractivity contribution in [3.8, 4) is 17.1 Å². The second kappa shape index (κ2) is 8.11. The van der Waals surface area contributed by atoms with E-state index in [2.05, 4.69) is 35.7 Å². The van der Waals surface area contributed by atoms with Crippen LogP contribution in [-0.4, -0.2) is 42.7 Å². The highest BCUT2D eigenvalue weighted by atomic mass is 19.3. The number of fused-ring (bicyclic) bond motifs is 1. The van der Waals surface area contributed by atoms with Gasteiger partial charge in [0.2, 0.25) is 5.91 Å². The first-order valence-corrected chi connectivity index (χ1v) is 10.2. The maximum absolute atomic E-state index is 13.3. The minimum Gasteiger partial charge on any atom is -0.494 e. The Morgan fingerprint density at radius 2 is 2.09 bits per heavy atom. The van der Waals surface area contributed by atoms with Gasteiger partial charge in [-0.2, -0.15) is 5.10 Å². The first-order chi connectivity index (χ1) is 15.9. The fourth-order valence-electron chi connectivity index (χ4n) is 3.48. The Bertz CT molecular complexity index is 1350. The maximum Gasteiger partial charge on any atom is 0.295 e. The topological polar surface area (TPSA) is 123 Å². The predicted octanol–water partition coefficient (Wildman–Crippen LogP) is 3.79. The van der Waals surface area contributed by atoms with Crippen LogP contribution in [0.1, 0.15) is 25.1 Å². The van der Waals surface area contributed by atoms with Crippen molar-refractivity contribution in [3.05, 3.63) is 36.4 Å². The zero-order valence-corrected chi connectivity index (χ0v) is 17.8. The molecule has 0 aliphatic heterocycles. The second-order valence-corrected chi connectivity index (χ2v) is 7.69. The number of pyridine rings is 1. The van der Waals surface area contributed by atoms with Crippen LogP contribution in [-0.2, 0) is 11.8 Å². The van der Waals surface area contributed by atoms with Gasteiger partial charge in [-0.05, 0) is 25.0 Å². The molecule has 3 heterocycles. The number of carbonyl (C=O) groups is 1. The smallest absolute Gasteiger partial charge is 0.295 e. The van der Waals surface area contributed by atoms with Gasteiger partial charge >= 0.3 is 0 Å². The molecule has 1 fully saturated rings. The summed E-state index contributed by atoms with van der Waals surface area (Å²) >= 11 is 0. The average molecular weight is 454 g/mol. The summed E-state index contributed by atoms with van der Waals surface area (Å²) in [5.41, 5.74) is 1.89. The number of rotatable bonds is 7. The number of carbonyl (C=O) groups excluding carboxylic acids is 1. The standard InChI is InChI=1S/C21H20F2N8O2/c1-31-9-24-18(30-31)11-4-3-5-12(16(11)33-2)25-13-8-14(27-21(32)10-6-7-10)26-19-15(13)28-20(29-19)17(22)23/h3-5,8-10,17H,6-7H2,1-2H3,(H3,25,26,27,28,29,32). The van der Waals surface area contributed by atoms with Gasteiger partial charge in [-0.1, -0.05) is 6.07 Å². The molecule has 1 aliphatic carbocycles. The number of anilines is 3. The van der Waals surface area contributed by atoms with Crippen molar-refractivity contribution in [1.82, 2.24) is 29.7 Å². The zero-order valence-electron chi connectivity index (χ0n) is 17.8. The minimum absolute atomic E-state index is 0.0417. The summed E-state index contributed by atoms with van der Waals surface area (Å²) in [6, 6.07) is 6.93. The predicted molar refractivity (Wildman–Crippen MR) is 116 cm³/mol. The molecule has 3 aromatic heterocycles. The molecule has 0 saturated heterocycles. The normalized spacial score (nSPS) is 13.5. The molecular formula is C21H20F2N8O2.